The predicted molar refractivity (Wildman–Crippen MR) is 72.1 cm³/mol. The van der Waals surface area contributed by atoms with Crippen LogP contribution in [0, 0.1) is 5.41 Å². The molecule has 0 aromatic carbocycles. The van der Waals surface area contributed by atoms with Gasteiger partial charge in [-0.2, -0.15) is 0 Å². The standard InChI is InChI=1S/C11H17BrClN3/c1-7(11(2,3)4)16(5)10-8(12)9(13)14-6-15-10/h6-7H,1-5H3. The summed E-state index contributed by atoms with van der Waals surface area (Å²) in [5, 5.41) is 0.443. The quantitative estimate of drug-likeness (QED) is 0.779. The number of hydrogen-bond acceptors (Lipinski definition) is 3. The first-order valence-corrected chi connectivity index (χ1v) is 6.31. The molecule has 0 saturated heterocycles. The number of halogens is 2. The minimum atomic E-state index is 0.172. The van der Waals surface area contributed by atoms with E-state index in [-0.39, 0.29) is 5.41 Å². The normalized spacial score (nSPS) is 13.7. The average Bonchev–Trinajstić information content (AvgIpc) is 2.18. The molecule has 1 atom stereocenters. The molecule has 0 aliphatic rings. The molecule has 0 radical (unpaired) electrons. The Hall–Kier alpha value is -0.350. The molecular formula is C11H17BrClN3. The molecule has 0 aliphatic carbocycles. The van der Waals surface area contributed by atoms with Crippen molar-refractivity contribution in [3.8, 4) is 0 Å². The third kappa shape index (κ3) is 2.86. The Morgan fingerprint density at radius 3 is 2.44 bits per heavy atom. The first-order valence-electron chi connectivity index (χ1n) is 5.14. The van der Waals surface area contributed by atoms with Crippen molar-refractivity contribution in [1.82, 2.24) is 9.97 Å². The van der Waals surface area contributed by atoms with Gasteiger partial charge in [0, 0.05) is 13.1 Å². The zero-order valence-corrected chi connectivity index (χ0v) is 12.6. The summed E-state index contributed by atoms with van der Waals surface area (Å²) in [5.41, 5.74) is 0.172. The second-order valence-electron chi connectivity index (χ2n) is 4.95. The van der Waals surface area contributed by atoms with Gasteiger partial charge in [0.15, 0.2) is 0 Å². The van der Waals surface area contributed by atoms with Crippen molar-refractivity contribution < 1.29 is 0 Å². The van der Waals surface area contributed by atoms with E-state index < -0.39 is 0 Å². The Bertz CT molecular complexity index is 376. The highest BCUT2D eigenvalue weighted by atomic mass is 79.9. The summed E-state index contributed by atoms with van der Waals surface area (Å²) >= 11 is 9.37. The number of aromatic nitrogens is 2. The van der Waals surface area contributed by atoms with Crippen molar-refractivity contribution in [2.24, 2.45) is 5.41 Å². The smallest absolute Gasteiger partial charge is 0.148 e. The molecular weight excluding hydrogens is 289 g/mol. The van der Waals surface area contributed by atoms with E-state index >= 15 is 0 Å². The van der Waals surface area contributed by atoms with Crippen molar-refractivity contribution in [3.05, 3.63) is 16.0 Å². The predicted octanol–water partition coefficient (Wildman–Crippen LogP) is 3.76. The molecule has 0 spiro atoms. The third-order valence-electron chi connectivity index (χ3n) is 2.90. The first-order chi connectivity index (χ1) is 7.25. The van der Waals surface area contributed by atoms with Gasteiger partial charge in [0.1, 0.15) is 17.3 Å². The molecule has 5 heteroatoms. The molecule has 0 N–H and O–H groups in total. The van der Waals surface area contributed by atoms with Gasteiger partial charge < -0.3 is 4.90 Å². The molecule has 3 nitrogen and oxygen atoms in total. The van der Waals surface area contributed by atoms with Crippen LogP contribution in [0.1, 0.15) is 27.7 Å². The fourth-order valence-corrected chi connectivity index (χ4v) is 1.96. The van der Waals surface area contributed by atoms with Crippen molar-refractivity contribution >= 4 is 33.3 Å². The topological polar surface area (TPSA) is 29.0 Å². The van der Waals surface area contributed by atoms with E-state index in [2.05, 4.69) is 58.5 Å². The van der Waals surface area contributed by atoms with Crippen LogP contribution in [0.5, 0.6) is 0 Å². The molecule has 1 aromatic rings. The third-order valence-corrected chi connectivity index (χ3v) is 4.14. The summed E-state index contributed by atoms with van der Waals surface area (Å²) in [4.78, 5) is 10.3. The average molecular weight is 307 g/mol. The Balaban J connectivity index is 3.06. The molecule has 0 aliphatic heterocycles. The van der Waals surface area contributed by atoms with Crippen LogP contribution in [0.4, 0.5) is 5.82 Å². The summed E-state index contributed by atoms with van der Waals surface area (Å²) < 4.78 is 0.746. The highest BCUT2D eigenvalue weighted by Gasteiger charge is 2.26. The minimum absolute atomic E-state index is 0.172. The molecule has 1 rings (SSSR count). The van der Waals surface area contributed by atoms with E-state index in [4.69, 9.17) is 11.6 Å². The monoisotopic (exact) mass is 305 g/mol. The van der Waals surface area contributed by atoms with E-state index in [1.54, 1.807) is 0 Å². The van der Waals surface area contributed by atoms with Gasteiger partial charge in [-0.15, -0.1) is 0 Å². The molecule has 1 unspecified atom stereocenters. The Morgan fingerprint density at radius 2 is 1.94 bits per heavy atom. The zero-order valence-electron chi connectivity index (χ0n) is 10.3. The molecule has 0 amide bonds. The van der Waals surface area contributed by atoms with Gasteiger partial charge in [0.05, 0.1) is 4.47 Å². The lowest BCUT2D eigenvalue weighted by molar-refractivity contribution is 0.328. The summed E-state index contributed by atoms with van der Waals surface area (Å²) in [6.07, 6.45) is 1.48. The van der Waals surface area contributed by atoms with Gasteiger partial charge in [0.25, 0.3) is 0 Å². The maximum atomic E-state index is 5.95. The van der Waals surface area contributed by atoms with Gasteiger partial charge >= 0.3 is 0 Å². The zero-order chi connectivity index (χ0) is 12.5. The molecule has 90 valence electrons. The van der Waals surface area contributed by atoms with Gasteiger partial charge in [-0.05, 0) is 28.3 Å². The number of rotatable bonds is 2. The van der Waals surface area contributed by atoms with Gasteiger partial charge in [-0.3, -0.25) is 0 Å². The van der Waals surface area contributed by atoms with E-state index in [1.165, 1.54) is 6.33 Å². The van der Waals surface area contributed by atoms with Crippen LogP contribution >= 0.6 is 27.5 Å². The minimum Gasteiger partial charge on any atom is -0.355 e. The fraction of sp³-hybridized carbons (Fsp3) is 0.636. The summed E-state index contributed by atoms with van der Waals surface area (Å²) in [5.74, 6) is 0.822. The Kier molecular flexibility index (Phi) is 4.18. The number of anilines is 1. The van der Waals surface area contributed by atoms with Gasteiger partial charge in [-0.1, -0.05) is 32.4 Å². The maximum absolute atomic E-state index is 5.95. The van der Waals surface area contributed by atoms with Gasteiger partial charge in [0.2, 0.25) is 0 Å². The largest absolute Gasteiger partial charge is 0.355 e. The SMILES string of the molecule is CC(N(C)c1ncnc(Cl)c1Br)C(C)(C)C. The summed E-state index contributed by atoms with van der Waals surface area (Å²) in [6, 6.07) is 0.342. The van der Waals surface area contributed by atoms with Crippen LogP contribution in [0.15, 0.2) is 10.8 Å². The van der Waals surface area contributed by atoms with E-state index in [0.717, 1.165) is 10.3 Å². The first kappa shape index (κ1) is 13.7. The fourth-order valence-electron chi connectivity index (χ4n) is 1.35. The van der Waals surface area contributed by atoms with E-state index in [1.807, 2.05) is 7.05 Å². The van der Waals surface area contributed by atoms with Gasteiger partial charge in [-0.25, -0.2) is 9.97 Å². The molecule has 1 heterocycles. The lowest BCUT2D eigenvalue weighted by atomic mass is 9.87. The second kappa shape index (κ2) is 4.88. The molecule has 0 saturated carbocycles. The number of hydrogen-bond donors (Lipinski definition) is 0. The van der Waals surface area contributed by atoms with E-state index in [0.29, 0.717) is 11.2 Å². The van der Waals surface area contributed by atoms with Crippen LogP contribution in [0.2, 0.25) is 5.15 Å². The second-order valence-corrected chi connectivity index (χ2v) is 6.11. The van der Waals surface area contributed by atoms with Crippen LogP contribution < -0.4 is 4.90 Å². The molecule has 0 fully saturated rings. The van der Waals surface area contributed by atoms with Crippen molar-refractivity contribution in [2.45, 2.75) is 33.7 Å². The lowest BCUT2D eigenvalue weighted by Gasteiger charge is -2.36. The summed E-state index contributed by atoms with van der Waals surface area (Å²) in [6.45, 7) is 8.77. The van der Waals surface area contributed by atoms with Crippen LogP contribution in [0.3, 0.4) is 0 Å². The van der Waals surface area contributed by atoms with Crippen LogP contribution in [0.25, 0.3) is 0 Å². The van der Waals surface area contributed by atoms with Crippen LogP contribution in [-0.4, -0.2) is 23.1 Å². The molecule has 16 heavy (non-hydrogen) atoms. The summed E-state index contributed by atoms with van der Waals surface area (Å²) in [7, 11) is 2.01. The Labute approximate surface area is 110 Å². The van der Waals surface area contributed by atoms with Crippen molar-refractivity contribution in [3.63, 3.8) is 0 Å². The lowest BCUT2D eigenvalue weighted by Crippen LogP contribution is -2.40. The van der Waals surface area contributed by atoms with E-state index in [9.17, 15) is 0 Å². The van der Waals surface area contributed by atoms with Crippen LogP contribution in [-0.2, 0) is 0 Å². The number of nitrogens with zero attached hydrogens (tertiary/aromatic N) is 3. The molecule has 1 aromatic heterocycles. The molecule has 0 bridgehead atoms. The van der Waals surface area contributed by atoms with Crippen molar-refractivity contribution in [1.29, 1.82) is 0 Å². The maximum Gasteiger partial charge on any atom is 0.148 e. The van der Waals surface area contributed by atoms with Crippen molar-refractivity contribution in [2.75, 3.05) is 11.9 Å². The highest BCUT2D eigenvalue weighted by Crippen LogP contribution is 2.33. The highest BCUT2D eigenvalue weighted by molar-refractivity contribution is 9.10. The Morgan fingerprint density at radius 1 is 1.38 bits per heavy atom.